The molecule has 62 valence electrons. The van der Waals surface area contributed by atoms with Gasteiger partial charge in [-0.05, 0) is 0 Å². The molecule has 1 heterocycles. The largest absolute Gasteiger partial charge is 0.422 e. The second kappa shape index (κ2) is 3.48. The molecule has 1 aromatic heterocycles. The normalized spacial score (nSPS) is 10.9. The monoisotopic (exact) mass is 156 g/mol. The zero-order chi connectivity index (χ0) is 8.27. The van der Waals surface area contributed by atoms with Crippen molar-refractivity contribution in [3.8, 4) is 0 Å². The molecule has 0 spiro atoms. The zero-order valence-electron chi connectivity index (χ0n) is 7.00. The minimum atomic E-state index is 0.285. The van der Waals surface area contributed by atoms with E-state index in [0.29, 0.717) is 18.4 Å². The second-order valence-corrected chi connectivity index (χ2v) is 2.62. The predicted octanol–water partition coefficient (Wildman–Crippen LogP) is 1.34. The predicted molar refractivity (Wildman–Crippen MR) is 39.1 cm³/mol. The van der Waals surface area contributed by atoms with Crippen LogP contribution in [0.5, 0.6) is 0 Å². The van der Waals surface area contributed by atoms with E-state index in [2.05, 4.69) is 10.2 Å². The van der Waals surface area contributed by atoms with E-state index in [-0.39, 0.29) is 5.92 Å². The molecule has 0 unspecified atom stereocenters. The van der Waals surface area contributed by atoms with Crippen LogP contribution in [-0.4, -0.2) is 17.3 Å². The van der Waals surface area contributed by atoms with Gasteiger partial charge in [0.25, 0.3) is 0 Å². The molecule has 0 saturated heterocycles. The van der Waals surface area contributed by atoms with Gasteiger partial charge in [0.1, 0.15) is 6.61 Å². The molecule has 11 heavy (non-hydrogen) atoms. The third-order valence-corrected chi connectivity index (χ3v) is 1.24. The number of hydrogen-bond donors (Lipinski definition) is 0. The van der Waals surface area contributed by atoms with E-state index in [0.717, 1.165) is 0 Å². The number of rotatable bonds is 3. The molecule has 1 aromatic rings. The lowest BCUT2D eigenvalue weighted by molar-refractivity contribution is 0.157. The first-order valence-electron chi connectivity index (χ1n) is 3.55. The number of hydrogen-bond acceptors (Lipinski definition) is 4. The van der Waals surface area contributed by atoms with Crippen LogP contribution in [0.4, 0.5) is 0 Å². The molecule has 0 atom stereocenters. The highest BCUT2D eigenvalue weighted by atomic mass is 16.5. The fourth-order valence-corrected chi connectivity index (χ4v) is 0.682. The van der Waals surface area contributed by atoms with E-state index < -0.39 is 0 Å². The van der Waals surface area contributed by atoms with Gasteiger partial charge in [-0.1, -0.05) is 13.8 Å². The summed E-state index contributed by atoms with van der Waals surface area (Å²) in [6.45, 7) is 4.40. The number of ether oxygens (including phenoxy) is 1. The minimum Gasteiger partial charge on any atom is -0.422 e. The van der Waals surface area contributed by atoms with Crippen molar-refractivity contribution in [2.45, 2.75) is 26.4 Å². The van der Waals surface area contributed by atoms with E-state index >= 15 is 0 Å². The van der Waals surface area contributed by atoms with Crippen molar-refractivity contribution in [2.75, 3.05) is 7.11 Å². The highest BCUT2D eigenvalue weighted by Crippen LogP contribution is 2.11. The molecule has 0 aliphatic rings. The standard InChI is InChI=1S/C7H12N2O2/c1-5(2)7-9-8-6(11-7)4-10-3/h5H,4H2,1-3H3. The van der Waals surface area contributed by atoms with Crippen LogP contribution >= 0.6 is 0 Å². The van der Waals surface area contributed by atoms with Gasteiger partial charge in [0, 0.05) is 13.0 Å². The van der Waals surface area contributed by atoms with E-state index in [4.69, 9.17) is 9.15 Å². The molecule has 0 bridgehead atoms. The van der Waals surface area contributed by atoms with Crippen molar-refractivity contribution in [3.63, 3.8) is 0 Å². The van der Waals surface area contributed by atoms with Gasteiger partial charge in [0.05, 0.1) is 0 Å². The van der Waals surface area contributed by atoms with E-state index in [1.165, 1.54) is 0 Å². The highest BCUT2D eigenvalue weighted by Gasteiger charge is 2.08. The quantitative estimate of drug-likeness (QED) is 0.662. The maximum absolute atomic E-state index is 5.24. The fourth-order valence-electron chi connectivity index (χ4n) is 0.682. The Morgan fingerprint density at radius 3 is 2.64 bits per heavy atom. The summed E-state index contributed by atoms with van der Waals surface area (Å²) in [5.41, 5.74) is 0. The molecule has 4 nitrogen and oxygen atoms in total. The van der Waals surface area contributed by atoms with Crippen molar-refractivity contribution < 1.29 is 9.15 Å². The molecule has 4 heteroatoms. The Balaban J connectivity index is 2.66. The summed E-state index contributed by atoms with van der Waals surface area (Å²) < 4.78 is 10.1. The molecule has 0 aliphatic heterocycles. The zero-order valence-corrected chi connectivity index (χ0v) is 7.00. The van der Waals surface area contributed by atoms with Crippen molar-refractivity contribution in [3.05, 3.63) is 11.8 Å². The van der Waals surface area contributed by atoms with Gasteiger partial charge >= 0.3 is 0 Å². The summed E-state index contributed by atoms with van der Waals surface area (Å²) >= 11 is 0. The van der Waals surface area contributed by atoms with Crippen molar-refractivity contribution in [1.82, 2.24) is 10.2 Å². The summed E-state index contributed by atoms with van der Waals surface area (Å²) in [5, 5.41) is 7.62. The smallest absolute Gasteiger partial charge is 0.242 e. The minimum absolute atomic E-state index is 0.285. The Kier molecular flexibility index (Phi) is 2.59. The van der Waals surface area contributed by atoms with Crippen LogP contribution < -0.4 is 0 Å². The van der Waals surface area contributed by atoms with Crippen molar-refractivity contribution in [2.24, 2.45) is 0 Å². The molecule has 0 amide bonds. The summed E-state index contributed by atoms with van der Waals surface area (Å²) in [7, 11) is 1.60. The molecule has 0 radical (unpaired) electrons. The lowest BCUT2D eigenvalue weighted by atomic mass is 10.2. The number of nitrogens with zero attached hydrogens (tertiary/aromatic N) is 2. The first kappa shape index (κ1) is 8.20. The summed E-state index contributed by atoms with van der Waals surface area (Å²) in [5.74, 6) is 1.49. The first-order chi connectivity index (χ1) is 5.24. The van der Waals surface area contributed by atoms with Crippen LogP contribution in [0.3, 0.4) is 0 Å². The van der Waals surface area contributed by atoms with Gasteiger partial charge < -0.3 is 9.15 Å². The van der Waals surface area contributed by atoms with Gasteiger partial charge in [0.2, 0.25) is 11.8 Å². The van der Waals surface area contributed by atoms with Gasteiger partial charge in [0.15, 0.2) is 0 Å². The Morgan fingerprint density at radius 2 is 2.18 bits per heavy atom. The van der Waals surface area contributed by atoms with Crippen LogP contribution in [0, 0.1) is 0 Å². The third-order valence-electron chi connectivity index (χ3n) is 1.24. The van der Waals surface area contributed by atoms with Gasteiger partial charge in [-0.15, -0.1) is 10.2 Å². The Hall–Kier alpha value is -0.900. The molecule has 0 aliphatic carbocycles. The van der Waals surface area contributed by atoms with E-state index in [1.54, 1.807) is 7.11 Å². The van der Waals surface area contributed by atoms with Gasteiger partial charge in [-0.2, -0.15) is 0 Å². The second-order valence-electron chi connectivity index (χ2n) is 2.62. The maximum Gasteiger partial charge on any atom is 0.242 e. The van der Waals surface area contributed by atoms with Crippen LogP contribution in [0.15, 0.2) is 4.42 Å². The molecule has 1 rings (SSSR count). The summed E-state index contributed by atoms with van der Waals surface area (Å²) in [6.07, 6.45) is 0. The molecular weight excluding hydrogens is 144 g/mol. The highest BCUT2D eigenvalue weighted by molar-refractivity contribution is 4.85. The Morgan fingerprint density at radius 1 is 1.45 bits per heavy atom. The molecular formula is C7H12N2O2. The fraction of sp³-hybridized carbons (Fsp3) is 0.714. The van der Waals surface area contributed by atoms with Crippen LogP contribution in [0.25, 0.3) is 0 Å². The lowest BCUT2D eigenvalue weighted by Gasteiger charge is -1.93. The van der Waals surface area contributed by atoms with Crippen molar-refractivity contribution in [1.29, 1.82) is 0 Å². The molecule has 0 fully saturated rings. The third kappa shape index (κ3) is 2.01. The van der Waals surface area contributed by atoms with Crippen LogP contribution in [-0.2, 0) is 11.3 Å². The van der Waals surface area contributed by atoms with Crippen LogP contribution in [0.1, 0.15) is 31.5 Å². The van der Waals surface area contributed by atoms with E-state index in [9.17, 15) is 0 Å². The molecule has 0 N–H and O–H groups in total. The number of aromatic nitrogens is 2. The van der Waals surface area contributed by atoms with Crippen LogP contribution in [0.2, 0.25) is 0 Å². The Bertz CT molecular complexity index is 220. The summed E-state index contributed by atoms with van der Waals surface area (Å²) in [6, 6.07) is 0. The molecule has 0 aromatic carbocycles. The Labute approximate surface area is 65.6 Å². The first-order valence-corrected chi connectivity index (χ1v) is 3.55. The average Bonchev–Trinajstić information content (AvgIpc) is 2.37. The maximum atomic E-state index is 5.24. The van der Waals surface area contributed by atoms with Crippen molar-refractivity contribution >= 4 is 0 Å². The molecule has 0 saturated carbocycles. The summed E-state index contributed by atoms with van der Waals surface area (Å²) in [4.78, 5) is 0. The van der Waals surface area contributed by atoms with Gasteiger partial charge in [-0.25, -0.2) is 0 Å². The SMILES string of the molecule is COCc1nnc(C(C)C)o1. The van der Waals surface area contributed by atoms with E-state index in [1.807, 2.05) is 13.8 Å². The topological polar surface area (TPSA) is 48.2 Å². The van der Waals surface area contributed by atoms with Gasteiger partial charge in [-0.3, -0.25) is 0 Å². The number of methoxy groups -OCH3 is 1. The lowest BCUT2D eigenvalue weighted by Crippen LogP contribution is -1.85. The average molecular weight is 156 g/mol.